The van der Waals surface area contributed by atoms with Crippen LogP contribution in [-0.2, 0) is 0 Å². The summed E-state index contributed by atoms with van der Waals surface area (Å²) in [4.78, 5) is 12.3. The zero-order chi connectivity index (χ0) is 14.3. The number of carbonyl (C=O) groups is 1. The highest BCUT2D eigenvalue weighted by Gasteiger charge is 2.16. The molecule has 1 heterocycles. The lowest BCUT2D eigenvalue weighted by atomic mass is 10.1. The van der Waals surface area contributed by atoms with Crippen molar-refractivity contribution in [2.45, 2.75) is 0 Å². The van der Waals surface area contributed by atoms with Crippen LogP contribution in [0.5, 0.6) is 0 Å². The molecule has 0 unspecified atom stereocenters. The van der Waals surface area contributed by atoms with E-state index in [0.717, 1.165) is 9.86 Å². The monoisotopic (exact) mass is 396 g/mol. The topological polar surface area (TPSA) is 30.2 Å². The lowest BCUT2D eigenvalue weighted by molar-refractivity contribution is 0.101. The number of fused-ring (bicyclic) bond motifs is 1. The maximum absolute atomic E-state index is 13.2. The predicted molar refractivity (Wildman–Crippen MR) is 81.4 cm³/mol. The molecule has 0 aliphatic carbocycles. The molecule has 0 atom stereocenters. The van der Waals surface area contributed by atoms with Crippen molar-refractivity contribution < 1.29 is 13.6 Å². The molecule has 0 spiro atoms. The molecule has 3 aromatic rings. The standard InChI is InChI=1S/C15H7Br2FO2/c16-10-2-4-13-9(5-10)7-14(20-13)15(19)8-1-3-12(18)11(17)6-8/h1-7H. The number of ketones is 1. The number of hydrogen-bond acceptors (Lipinski definition) is 2. The number of rotatable bonds is 2. The number of hydrogen-bond donors (Lipinski definition) is 0. The third-order valence-corrected chi connectivity index (χ3v) is 3.98. The molecule has 1 aromatic heterocycles. The van der Waals surface area contributed by atoms with Crippen LogP contribution in [0.2, 0.25) is 0 Å². The number of benzene rings is 2. The summed E-state index contributed by atoms with van der Waals surface area (Å²) in [7, 11) is 0. The predicted octanol–water partition coefficient (Wildman–Crippen LogP) is 5.33. The molecule has 0 N–H and O–H groups in total. The van der Waals surface area contributed by atoms with Crippen molar-refractivity contribution in [3.63, 3.8) is 0 Å². The third-order valence-electron chi connectivity index (χ3n) is 2.88. The van der Waals surface area contributed by atoms with Gasteiger partial charge in [0.05, 0.1) is 4.47 Å². The van der Waals surface area contributed by atoms with Gasteiger partial charge in [0.25, 0.3) is 0 Å². The molecule has 3 rings (SSSR count). The van der Waals surface area contributed by atoms with Crippen LogP contribution in [0.4, 0.5) is 4.39 Å². The minimum atomic E-state index is -0.407. The molecule has 5 heteroatoms. The van der Waals surface area contributed by atoms with Crippen LogP contribution < -0.4 is 0 Å². The van der Waals surface area contributed by atoms with Crippen molar-refractivity contribution in [1.29, 1.82) is 0 Å². The van der Waals surface area contributed by atoms with Crippen molar-refractivity contribution in [1.82, 2.24) is 0 Å². The van der Waals surface area contributed by atoms with E-state index in [1.807, 2.05) is 12.1 Å². The molecule has 0 amide bonds. The van der Waals surface area contributed by atoms with Crippen LogP contribution in [-0.4, -0.2) is 5.78 Å². The zero-order valence-electron chi connectivity index (χ0n) is 9.99. The minimum absolute atomic E-state index is 0.233. The Hall–Kier alpha value is -1.46. The van der Waals surface area contributed by atoms with Gasteiger partial charge in [-0.25, -0.2) is 4.39 Å². The summed E-state index contributed by atoms with van der Waals surface area (Å²) in [5, 5.41) is 0.837. The van der Waals surface area contributed by atoms with Gasteiger partial charge < -0.3 is 4.42 Å². The summed E-state index contributed by atoms with van der Waals surface area (Å²) in [6.45, 7) is 0. The highest BCUT2D eigenvalue weighted by molar-refractivity contribution is 9.10. The molecule has 0 bridgehead atoms. The lowest BCUT2D eigenvalue weighted by Gasteiger charge is -1.99. The van der Waals surface area contributed by atoms with Crippen molar-refractivity contribution in [3.8, 4) is 0 Å². The summed E-state index contributed by atoms with van der Waals surface area (Å²) in [6, 6.07) is 11.3. The highest BCUT2D eigenvalue weighted by atomic mass is 79.9. The van der Waals surface area contributed by atoms with E-state index in [-0.39, 0.29) is 16.0 Å². The molecule has 0 aliphatic heterocycles. The molecule has 100 valence electrons. The van der Waals surface area contributed by atoms with Crippen LogP contribution >= 0.6 is 31.9 Å². The second-order valence-corrected chi connectivity index (χ2v) is 6.02. The average Bonchev–Trinajstić information content (AvgIpc) is 2.84. The third kappa shape index (κ3) is 2.43. The molecule has 0 radical (unpaired) electrons. The van der Waals surface area contributed by atoms with Crippen molar-refractivity contribution >= 4 is 48.6 Å². The van der Waals surface area contributed by atoms with Crippen molar-refractivity contribution in [2.24, 2.45) is 0 Å². The zero-order valence-corrected chi connectivity index (χ0v) is 13.2. The van der Waals surface area contributed by atoms with E-state index in [2.05, 4.69) is 31.9 Å². The fraction of sp³-hybridized carbons (Fsp3) is 0. The van der Waals surface area contributed by atoms with Gasteiger partial charge in [-0.05, 0) is 58.4 Å². The quantitative estimate of drug-likeness (QED) is 0.547. The maximum atomic E-state index is 13.2. The number of carbonyl (C=O) groups excluding carboxylic acids is 1. The van der Waals surface area contributed by atoms with E-state index < -0.39 is 5.82 Å². The largest absolute Gasteiger partial charge is 0.453 e. The van der Waals surface area contributed by atoms with E-state index in [4.69, 9.17) is 4.42 Å². The first kappa shape index (κ1) is 13.5. The van der Waals surface area contributed by atoms with Crippen LogP contribution in [0.1, 0.15) is 16.1 Å². The van der Waals surface area contributed by atoms with Crippen molar-refractivity contribution in [2.75, 3.05) is 0 Å². The van der Waals surface area contributed by atoms with Crippen molar-refractivity contribution in [3.05, 3.63) is 68.6 Å². The Morgan fingerprint density at radius 2 is 1.85 bits per heavy atom. The van der Waals surface area contributed by atoms with E-state index in [0.29, 0.717) is 11.1 Å². The molecule has 2 nitrogen and oxygen atoms in total. The SMILES string of the molecule is O=C(c1ccc(F)c(Br)c1)c1cc2cc(Br)ccc2o1. The van der Waals surface area contributed by atoms with Gasteiger partial charge >= 0.3 is 0 Å². The Balaban J connectivity index is 2.05. The lowest BCUT2D eigenvalue weighted by Crippen LogP contribution is -1.99. The smallest absolute Gasteiger partial charge is 0.228 e. The van der Waals surface area contributed by atoms with Gasteiger partial charge in [-0.1, -0.05) is 15.9 Å². The number of halogens is 3. The Kier molecular flexibility index (Phi) is 3.48. The van der Waals surface area contributed by atoms with Crippen LogP contribution in [0.3, 0.4) is 0 Å². The Bertz CT molecular complexity index is 824. The Labute approximate surface area is 130 Å². The first-order chi connectivity index (χ1) is 9.54. The summed E-state index contributed by atoms with van der Waals surface area (Å²) in [5.74, 6) is -0.454. The second-order valence-electron chi connectivity index (χ2n) is 4.25. The van der Waals surface area contributed by atoms with Crippen LogP contribution in [0.15, 0.2) is 55.8 Å². The van der Waals surface area contributed by atoms with Gasteiger partial charge in [0, 0.05) is 15.4 Å². The Morgan fingerprint density at radius 3 is 2.60 bits per heavy atom. The summed E-state index contributed by atoms with van der Waals surface area (Å²) in [6.07, 6.45) is 0. The van der Waals surface area contributed by atoms with E-state index >= 15 is 0 Å². The normalized spacial score (nSPS) is 10.9. The first-order valence-corrected chi connectivity index (χ1v) is 7.32. The molecule has 0 saturated carbocycles. The average molecular weight is 398 g/mol. The first-order valence-electron chi connectivity index (χ1n) is 5.73. The Morgan fingerprint density at radius 1 is 1.05 bits per heavy atom. The molecule has 0 saturated heterocycles. The van der Waals surface area contributed by atoms with Gasteiger partial charge in [0.15, 0.2) is 5.76 Å². The second kappa shape index (κ2) is 5.14. The highest BCUT2D eigenvalue weighted by Crippen LogP contribution is 2.26. The summed E-state index contributed by atoms with van der Waals surface area (Å²) < 4.78 is 19.9. The van der Waals surface area contributed by atoms with Gasteiger partial charge in [0.1, 0.15) is 11.4 Å². The fourth-order valence-corrected chi connectivity index (χ4v) is 2.66. The molecular formula is C15H7Br2FO2. The van der Waals surface area contributed by atoms with Crippen LogP contribution in [0, 0.1) is 5.82 Å². The summed E-state index contributed by atoms with van der Waals surface area (Å²) in [5.41, 5.74) is 1.01. The van der Waals surface area contributed by atoms with Gasteiger partial charge in [-0.3, -0.25) is 4.79 Å². The minimum Gasteiger partial charge on any atom is -0.453 e. The molecule has 2 aromatic carbocycles. The van der Waals surface area contributed by atoms with Gasteiger partial charge in [0.2, 0.25) is 5.78 Å². The van der Waals surface area contributed by atoms with E-state index in [1.165, 1.54) is 18.2 Å². The molecule has 0 aliphatic rings. The van der Waals surface area contributed by atoms with Gasteiger partial charge in [-0.2, -0.15) is 0 Å². The molecule has 20 heavy (non-hydrogen) atoms. The summed E-state index contributed by atoms with van der Waals surface area (Å²) >= 11 is 6.43. The number of furan rings is 1. The van der Waals surface area contributed by atoms with E-state index in [1.54, 1.807) is 12.1 Å². The maximum Gasteiger partial charge on any atom is 0.228 e. The fourth-order valence-electron chi connectivity index (χ4n) is 1.91. The molecular weight excluding hydrogens is 391 g/mol. The molecule has 0 fully saturated rings. The van der Waals surface area contributed by atoms with E-state index in [9.17, 15) is 9.18 Å². The van der Waals surface area contributed by atoms with Crippen LogP contribution in [0.25, 0.3) is 11.0 Å². The van der Waals surface area contributed by atoms with Gasteiger partial charge in [-0.15, -0.1) is 0 Å².